The Morgan fingerprint density at radius 3 is 2.72 bits per heavy atom. The van der Waals surface area contributed by atoms with Gasteiger partial charge in [0, 0.05) is 36.1 Å². The van der Waals surface area contributed by atoms with Crippen molar-refractivity contribution in [2.45, 2.75) is 46.3 Å². The number of nitrogens with zero attached hydrogens (tertiary/aromatic N) is 2. The van der Waals surface area contributed by atoms with E-state index in [1.54, 1.807) is 11.3 Å². The van der Waals surface area contributed by atoms with E-state index in [0.29, 0.717) is 12.2 Å². The van der Waals surface area contributed by atoms with Crippen molar-refractivity contribution in [3.05, 3.63) is 40.2 Å². The Morgan fingerprint density at radius 2 is 2.16 bits per heavy atom. The molecule has 0 bridgehead atoms. The summed E-state index contributed by atoms with van der Waals surface area (Å²) >= 11 is 1.65. The van der Waals surface area contributed by atoms with Crippen LogP contribution in [0, 0.1) is 12.3 Å². The highest BCUT2D eigenvalue weighted by Gasteiger charge is 2.51. The van der Waals surface area contributed by atoms with Crippen LogP contribution in [0.25, 0.3) is 11.3 Å². The van der Waals surface area contributed by atoms with E-state index in [9.17, 15) is 4.79 Å². The normalized spacial score (nSPS) is 21.6. The zero-order valence-electron chi connectivity index (χ0n) is 15.6. The molecule has 1 fully saturated rings. The summed E-state index contributed by atoms with van der Waals surface area (Å²) in [4.78, 5) is 19.5. The first-order chi connectivity index (χ1) is 11.9. The Labute approximate surface area is 153 Å². The third-order valence-electron chi connectivity index (χ3n) is 5.41. The summed E-state index contributed by atoms with van der Waals surface area (Å²) in [5.74, 6) is 0.0369. The molecule has 0 spiro atoms. The van der Waals surface area contributed by atoms with Gasteiger partial charge in [-0.05, 0) is 43.8 Å². The van der Waals surface area contributed by atoms with Crippen molar-refractivity contribution in [2.75, 3.05) is 13.7 Å². The molecule has 1 aliphatic carbocycles. The molecule has 0 saturated heterocycles. The molecule has 0 radical (unpaired) electrons. The van der Waals surface area contributed by atoms with Crippen LogP contribution in [0.15, 0.2) is 29.0 Å². The zero-order chi connectivity index (χ0) is 18.2. The Morgan fingerprint density at radius 1 is 1.40 bits per heavy atom. The lowest BCUT2D eigenvalue weighted by atomic mass is 9.63. The van der Waals surface area contributed by atoms with Gasteiger partial charge in [-0.2, -0.15) is 11.3 Å². The van der Waals surface area contributed by atoms with Crippen LogP contribution < -0.4 is 0 Å². The molecule has 0 aromatic carbocycles. The van der Waals surface area contributed by atoms with Crippen molar-refractivity contribution in [1.82, 2.24) is 9.88 Å². The first-order valence-electron chi connectivity index (χ1n) is 8.75. The molecule has 2 aromatic heterocycles. The zero-order valence-corrected chi connectivity index (χ0v) is 16.4. The molecule has 2 aromatic rings. The predicted octanol–water partition coefficient (Wildman–Crippen LogP) is 4.39. The van der Waals surface area contributed by atoms with E-state index in [1.165, 1.54) is 0 Å². The van der Waals surface area contributed by atoms with Crippen LogP contribution in [0.3, 0.4) is 0 Å². The molecule has 0 N–H and O–H groups in total. The number of carbonyl (C=O) groups excluding carboxylic acids is 1. The Hall–Kier alpha value is -1.72. The van der Waals surface area contributed by atoms with Gasteiger partial charge < -0.3 is 9.64 Å². The summed E-state index contributed by atoms with van der Waals surface area (Å²) in [5, 5.41) is 4.10. The topological polar surface area (TPSA) is 42.4 Å². The lowest BCUT2D eigenvalue weighted by Gasteiger charge is -2.54. The van der Waals surface area contributed by atoms with E-state index in [1.807, 2.05) is 49.4 Å². The first kappa shape index (κ1) is 18.1. The number of thiophene rings is 1. The number of pyridine rings is 1. The maximum atomic E-state index is 13.0. The maximum Gasteiger partial charge on any atom is 0.255 e. The summed E-state index contributed by atoms with van der Waals surface area (Å²) in [6.07, 6.45) is 1.11. The fraction of sp³-hybridized carbons (Fsp3) is 0.500. The van der Waals surface area contributed by atoms with Crippen molar-refractivity contribution in [3.63, 3.8) is 0 Å². The molecule has 4 nitrogen and oxygen atoms in total. The third-order valence-corrected chi connectivity index (χ3v) is 6.10. The van der Waals surface area contributed by atoms with Crippen LogP contribution in [0.2, 0.25) is 0 Å². The molecule has 25 heavy (non-hydrogen) atoms. The standard InChI is InChI=1S/C20H26N2O2S/c1-6-24-18-11-17(20(18,3)4)22(5)19(23)15-7-8-16(21-13(15)2)14-9-10-25-12-14/h7-10,12,17-18H,6,11H2,1-5H3/t17-,18-/m1/s1. The molecule has 0 aliphatic heterocycles. The Kier molecular flexibility index (Phi) is 4.98. The SMILES string of the molecule is CCO[C@@H]1C[C@@H](N(C)C(=O)c2ccc(-c3ccsc3)nc2C)C1(C)C. The van der Waals surface area contributed by atoms with Crippen molar-refractivity contribution < 1.29 is 9.53 Å². The second-order valence-electron chi connectivity index (χ2n) is 7.27. The van der Waals surface area contributed by atoms with Gasteiger partial charge in [-0.3, -0.25) is 9.78 Å². The molecule has 5 heteroatoms. The highest BCUT2D eigenvalue weighted by Crippen LogP contribution is 2.45. The van der Waals surface area contributed by atoms with E-state index in [2.05, 4.69) is 24.2 Å². The molecule has 0 unspecified atom stereocenters. The van der Waals surface area contributed by atoms with E-state index in [0.717, 1.165) is 23.4 Å². The first-order valence-corrected chi connectivity index (χ1v) is 9.69. The van der Waals surface area contributed by atoms with Gasteiger partial charge >= 0.3 is 0 Å². The quantitative estimate of drug-likeness (QED) is 0.796. The number of rotatable bonds is 5. The number of aryl methyl sites for hydroxylation is 1. The van der Waals surface area contributed by atoms with E-state index < -0.39 is 0 Å². The number of hydrogen-bond acceptors (Lipinski definition) is 4. The minimum atomic E-state index is -0.0294. The highest BCUT2D eigenvalue weighted by atomic mass is 32.1. The fourth-order valence-corrected chi connectivity index (χ4v) is 4.34. The van der Waals surface area contributed by atoms with Crippen molar-refractivity contribution in [3.8, 4) is 11.3 Å². The lowest BCUT2D eigenvalue weighted by molar-refractivity contribution is -0.136. The Bertz CT molecular complexity index is 755. The van der Waals surface area contributed by atoms with Crippen LogP contribution in [0.5, 0.6) is 0 Å². The summed E-state index contributed by atoms with van der Waals surface area (Å²) in [5.41, 5.74) is 3.44. The van der Waals surface area contributed by atoms with Gasteiger partial charge in [0.2, 0.25) is 0 Å². The van der Waals surface area contributed by atoms with Gasteiger partial charge in [0.15, 0.2) is 0 Å². The van der Waals surface area contributed by atoms with Gasteiger partial charge in [0.1, 0.15) is 0 Å². The van der Waals surface area contributed by atoms with Crippen LogP contribution in [0.1, 0.15) is 43.2 Å². The van der Waals surface area contributed by atoms with Crippen molar-refractivity contribution >= 4 is 17.2 Å². The second kappa shape index (κ2) is 6.89. The van der Waals surface area contributed by atoms with Gasteiger partial charge in [-0.25, -0.2) is 0 Å². The smallest absolute Gasteiger partial charge is 0.255 e. The second-order valence-corrected chi connectivity index (χ2v) is 8.05. The molecule has 3 rings (SSSR count). The number of carbonyl (C=O) groups is 1. The average Bonchev–Trinajstić information content (AvgIpc) is 3.11. The molecule has 134 valence electrons. The van der Waals surface area contributed by atoms with Crippen LogP contribution in [-0.2, 0) is 4.74 Å². The van der Waals surface area contributed by atoms with E-state index in [4.69, 9.17) is 4.74 Å². The minimum Gasteiger partial charge on any atom is -0.378 e. The maximum absolute atomic E-state index is 13.0. The largest absolute Gasteiger partial charge is 0.378 e. The Balaban J connectivity index is 1.77. The van der Waals surface area contributed by atoms with Crippen molar-refractivity contribution in [1.29, 1.82) is 0 Å². The van der Waals surface area contributed by atoms with Crippen LogP contribution >= 0.6 is 11.3 Å². The summed E-state index contributed by atoms with van der Waals surface area (Å²) in [6, 6.07) is 6.07. The molecule has 1 amide bonds. The monoisotopic (exact) mass is 358 g/mol. The third kappa shape index (κ3) is 3.23. The number of hydrogen-bond donors (Lipinski definition) is 0. The number of amides is 1. The molecule has 2 heterocycles. The summed E-state index contributed by atoms with van der Waals surface area (Å²) < 4.78 is 5.79. The fourth-order valence-electron chi connectivity index (χ4n) is 3.70. The van der Waals surface area contributed by atoms with Crippen molar-refractivity contribution in [2.24, 2.45) is 5.41 Å². The lowest BCUT2D eigenvalue weighted by Crippen LogP contribution is -2.62. The molecule has 2 atom stereocenters. The molecule has 1 saturated carbocycles. The number of aromatic nitrogens is 1. The van der Waals surface area contributed by atoms with E-state index in [-0.39, 0.29) is 23.5 Å². The average molecular weight is 359 g/mol. The summed E-state index contributed by atoms with van der Waals surface area (Å²) in [6.45, 7) is 8.99. The summed E-state index contributed by atoms with van der Waals surface area (Å²) in [7, 11) is 1.89. The van der Waals surface area contributed by atoms with Gasteiger partial charge in [0.05, 0.1) is 23.1 Å². The highest BCUT2D eigenvalue weighted by molar-refractivity contribution is 7.08. The molecular formula is C20H26N2O2S. The minimum absolute atomic E-state index is 0.0294. The molecular weight excluding hydrogens is 332 g/mol. The van der Waals surface area contributed by atoms with Gasteiger partial charge in [-0.1, -0.05) is 13.8 Å². The number of ether oxygens (including phenoxy) is 1. The molecule has 1 aliphatic rings. The van der Waals surface area contributed by atoms with E-state index >= 15 is 0 Å². The van der Waals surface area contributed by atoms with Crippen LogP contribution in [0.4, 0.5) is 0 Å². The van der Waals surface area contributed by atoms with Gasteiger partial charge in [-0.15, -0.1) is 0 Å². The van der Waals surface area contributed by atoms with Crippen LogP contribution in [-0.4, -0.2) is 41.6 Å². The predicted molar refractivity (Wildman–Crippen MR) is 102 cm³/mol. The van der Waals surface area contributed by atoms with Gasteiger partial charge in [0.25, 0.3) is 5.91 Å².